The van der Waals surface area contributed by atoms with Crippen LogP contribution in [-0.4, -0.2) is 6.61 Å². The molecule has 1 aromatic rings. The van der Waals surface area contributed by atoms with Crippen LogP contribution in [0.25, 0.3) is 0 Å². The molecule has 3 heteroatoms. The Kier molecular flexibility index (Phi) is 5.12. The SMILES string of the molecule is CCCCOCc1cccc(F)c1Br. The van der Waals surface area contributed by atoms with E-state index in [1.54, 1.807) is 6.07 Å². The minimum atomic E-state index is -0.235. The highest BCUT2D eigenvalue weighted by Gasteiger charge is 2.04. The van der Waals surface area contributed by atoms with Gasteiger partial charge in [-0.05, 0) is 34.0 Å². The fourth-order valence-electron chi connectivity index (χ4n) is 1.09. The molecule has 0 radical (unpaired) electrons. The van der Waals surface area contributed by atoms with E-state index in [1.807, 2.05) is 6.07 Å². The average molecular weight is 261 g/mol. The highest BCUT2D eigenvalue weighted by Crippen LogP contribution is 2.20. The fraction of sp³-hybridized carbons (Fsp3) is 0.455. The molecule has 0 aliphatic rings. The van der Waals surface area contributed by atoms with Crippen LogP contribution in [0.4, 0.5) is 4.39 Å². The van der Waals surface area contributed by atoms with Gasteiger partial charge in [-0.3, -0.25) is 0 Å². The maximum absolute atomic E-state index is 13.1. The van der Waals surface area contributed by atoms with Crippen molar-refractivity contribution >= 4 is 15.9 Å². The van der Waals surface area contributed by atoms with Crippen molar-refractivity contribution < 1.29 is 9.13 Å². The lowest BCUT2D eigenvalue weighted by Gasteiger charge is -2.06. The van der Waals surface area contributed by atoms with Crippen molar-refractivity contribution in [1.82, 2.24) is 0 Å². The Morgan fingerprint density at radius 2 is 2.21 bits per heavy atom. The van der Waals surface area contributed by atoms with Gasteiger partial charge in [0.25, 0.3) is 0 Å². The molecule has 0 heterocycles. The first-order valence-electron chi connectivity index (χ1n) is 4.76. The molecule has 0 aromatic heterocycles. The van der Waals surface area contributed by atoms with Crippen molar-refractivity contribution in [3.63, 3.8) is 0 Å². The molecule has 0 aliphatic carbocycles. The van der Waals surface area contributed by atoms with Gasteiger partial charge in [0, 0.05) is 6.61 Å². The van der Waals surface area contributed by atoms with Crippen LogP contribution in [0.15, 0.2) is 22.7 Å². The lowest BCUT2D eigenvalue weighted by molar-refractivity contribution is 0.117. The normalized spacial score (nSPS) is 10.5. The molecule has 0 aliphatic heterocycles. The summed E-state index contributed by atoms with van der Waals surface area (Å²) in [7, 11) is 0. The second-order valence-electron chi connectivity index (χ2n) is 3.12. The maximum atomic E-state index is 13.1. The Morgan fingerprint density at radius 1 is 1.43 bits per heavy atom. The Bertz CT molecular complexity index is 289. The highest BCUT2D eigenvalue weighted by atomic mass is 79.9. The summed E-state index contributed by atoms with van der Waals surface area (Å²) in [6.07, 6.45) is 2.16. The van der Waals surface area contributed by atoms with E-state index < -0.39 is 0 Å². The summed E-state index contributed by atoms with van der Waals surface area (Å²) in [5.74, 6) is -0.235. The molecule has 0 amide bonds. The first-order chi connectivity index (χ1) is 6.75. The summed E-state index contributed by atoms with van der Waals surface area (Å²) in [6, 6.07) is 4.98. The number of rotatable bonds is 5. The average Bonchev–Trinajstić information content (AvgIpc) is 2.19. The van der Waals surface area contributed by atoms with Crippen LogP contribution in [0.1, 0.15) is 25.3 Å². The van der Waals surface area contributed by atoms with Gasteiger partial charge in [0.1, 0.15) is 5.82 Å². The van der Waals surface area contributed by atoms with E-state index in [4.69, 9.17) is 4.74 Å². The van der Waals surface area contributed by atoms with Gasteiger partial charge in [0.15, 0.2) is 0 Å². The predicted molar refractivity (Wildman–Crippen MR) is 58.7 cm³/mol. The van der Waals surface area contributed by atoms with Gasteiger partial charge in [-0.1, -0.05) is 25.5 Å². The summed E-state index contributed by atoms with van der Waals surface area (Å²) >= 11 is 3.19. The standard InChI is InChI=1S/C11H14BrFO/c1-2-3-7-14-8-9-5-4-6-10(13)11(9)12/h4-6H,2-3,7-8H2,1H3. The van der Waals surface area contributed by atoms with Crippen LogP contribution >= 0.6 is 15.9 Å². The number of hydrogen-bond acceptors (Lipinski definition) is 1. The number of benzene rings is 1. The van der Waals surface area contributed by atoms with Crippen molar-refractivity contribution in [1.29, 1.82) is 0 Å². The molecule has 1 rings (SSSR count). The minimum absolute atomic E-state index is 0.235. The van der Waals surface area contributed by atoms with E-state index in [0.29, 0.717) is 11.1 Å². The molecule has 0 fully saturated rings. The van der Waals surface area contributed by atoms with Gasteiger partial charge < -0.3 is 4.74 Å². The Labute approximate surface area is 92.4 Å². The summed E-state index contributed by atoms with van der Waals surface area (Å²) in [6.45, 7) is 3.32. The van der Waals surface area contributed by atoms with Crippen molar-refractivity contribution in [2.75, 3.05) is 6.61 Å². The first kappa shape index (κ1) is 11.7. The fourth-order valence-corrected chi connectivity index (χ4v) is 1.47. The second kappa shape index (κ2) is 6.14. The van der Waals surface area contributed by atoms with E-state index in [1.165, 1.54) is 6.07 Å². The molecule has 0 spiro atoms. The summed E-state index contributed by atoms with van der Waals surface area (Å²) in [5, 5.41) is 0. The van der Waals surface area contributed by atoms with Crippen molar-refractivity contribution in [3.05, 3.63) is 34.1 Å². The van der Waals surface area contributed by atoms with Crippen LogP contribution in [0.3, 0.4) is 0 Å². The molecule has 0 N–H and O–H groups in total. The van der Waals surface area contributed by atoms with Crippen LogP contribution in [0.5, 0.6) is 0 Å². The topological polar surface area (TPSA) is 9.23 Å². The third kappa shape index (κ3) is 3.39. The molecule has 0 unspecified atom stereocenters. The second-order valence-corrected chi connectivity index (χ2v) is 3.91. The van der Waals surface area contributed by atoms with Gasteiger partial charge in [-0.2, -0.15) is 0 Å². The molecule has 0 bridgehead atoms. The summed E-state index contributed by atoms with van der Waals surface area (Å²) in [4.78, 5) is 0. The van der Waals surface area contributed by atoms with E-state index >= 15 is 0 Å². The molecule has 0 saturated carbocycles. The molecule has 1 nitrogen and oxygen atoms in total. The number of hydrogen-bond donors (Lipinski definition) is 0. The lowest BCUT2D eigenvalue weighted by atomic mass is 10.2. The Balaban J connectivity index is 2.46. The zero-order valence-electron chi connectivity index (χ0n) is 8.22. The van der Waals surface area contributed by atoms with E-state index in [9.17, 15) is 4.39 Å². The molecule has 0 atom stereocenters. The van der Waals surface area contributed by atoms with E-state index in [0.717, 1.165) is 25.0 Å². The van der Waals surface area contributed by atoms with Gasteiger partial charge in [-0.15, -0.1) is 0 Å². The third-order valence-corrected chi connectivity index (χ3v) is 2.82. The van der Waals surface area contributed by atoms with Crippen molar-refractivity contribution in [2.45, 2.75) is 26.4 Å². The predicted octanol–water partition coefficient (Wildman–Crippen LogP) is 3.90. The van der Waals surface area contributed by atoms with Crippen molar-refractivity contribution in [2.24, 2.45) is 0 Å². The van der Waals surface area contributed by atoms with E-state index in [-0.39, 0.29) is 5.82 Å². The van der Waals surface area contributed by atoms with Crippen molar-refractivity contribution in [3.8, 4) is 0 Å². The molecule has 1 aromatic carbocycles. The zero-order chi connectivity index (χ0) is 10.4. The lowest BCUT2D eigenvalue weighted by Crippen LogP contribution is -1.96. The number of ether oxygens (including phenoxy) is 1. The monoisotopic (exact) mass is 260 g/mol. The largest absolute Gasteiger partial charge is 0.377 e. The maximum Gasteiger partial charge on any atom is 0.137 e. The minimum Gasteiger partial charge on any atom is -0.377 e. The van der Waals surface area contributed by atoms with Gasteiger partial charge >= 0.3 is 0 Å². The molecule has 14 heavy (non-hydrogen) atoms. The molecule has 0 saturated heterocycles. The molecule has 78 valence electrons. The molecular weight excluding hydrogens is 247 g/mol. The third-order valence-electron chi connectivity index (χ3n) is 1.93. The summed E-state index contributed by atoms with van der Waals surface area (Å²) < 4.78 is 19.0. The van der Waals surface area contributed by atoms with Gasteiger partial charge in [-0.25, -0.2) is 4.39 Å². The van der Waals surface area contributed by atoms with E-state index in [2.05, 4.69) is 22.9 Å². The highest BCUT2D eigenvalue weighted by molar-refractivity contribution is 9.10. The van der Waals surface area contributed by atoms with Crippen LogP contribution < -0.4 is 0 Å². The van der Waals surface area contributed by atoms with Crippen LogP contribution in [0.2, 0.25) is 0 Å². The zero-order valence-corrected chi connectivity index (χ0v) is 9.81. The quantitative estimate of drug-likeness (QED) is 0.730. The number of halogens is 2. The Morgan fingerprint density at radius 3 is 2.93 bits per heavy atom. The van der Waals surface area contributed by atoms with Gasteiger partial charge in [0.2, 0.25) is 0 Å². The molecular formula is C11H14BrFO. The number of unbranched alkanes of at least 4 members (excludes halogenated alkanes) is 1. The van der Waals surface area contributed by atoms with Crippen LogP contribution in [0, 0.1) is 5.82 Å². The Hall–Kier alpha value is -0.410. The van der Waals surface area contributed by atoms with Gasteiger partial charge in [0.05, 0.1) is 11.1 Å². The van der Waals surface area contributed by atoms with Crippen LogP contribution in [-0.2, 0) is 11.3 Å². The first-order valence-corrected chi connectivity index (χ1v) is 5.55. The summed E-state index contributed by atoms with van der Waals surface area (Å²) in [5.41, 5.74) is 0.862. The smallest absolute Gasteiger partial charge is 0.137 e.